The van der Waals surface area contributed by atoms with E-state index in [2.05, 4.69) is 38.8 Å². The summed E-state index contributed by atoms with van der Waals surface area (Å²) in [6, 6.07) is 9.37. The second kappa shape index (κ2) is 6.42. The highest BCUT2D eigenvalue weighted by atomic mass is 16.5. The number of hydrogen-bond acceptors (Lipinski definition) is 3. The van der Waals surface area contributed by atoms with Crippen molar-refractivity contribution in [2.24, 2.45) is 5.41 Å². The summed E-state index contributed by atoms with van der Waals surface area (Å²) in [6.07, 6.45) is 0. The van der Waals surface area contributed by atoms with Crippen LogP contribution in [0.2, 0.25) is 0 Å². The molecule has 0 aliphatic rings. The Morgan fingerprint density at radius 2 is 2.06 bits per heavy atom. The number of ether oxygens (including phenoxy) is 1. The molecule has 0 N–H and O–H groups in total. The smallest absolute Gasteiger partial charge is 0.120 e. The first-order chi connectivity index (χ1) is 8.40. The summed E-state index contributed by atoms with van der Waals surface area (Å²) in [5, 5.41) is 8.79. The Hall–Kier alpha value is -1.53. The van der Waals surface area contributed by atoms with E-state index in [1.807, 2.05) is 12.1 Å². The van der Waals surface area contributed by atoms with Gasteiger partial charge in [-0.3, -0.25) is 0 Å². The summed E-state index contributed by atoms with van der Waals surface area (Å²) < 4.78 is 5.64. The van der Waals surface area contributed by atoms with Gasteiger partial charge in [0.05, 0.1) is 11.6 Å². The molecule has 18 heavy (non-hydrogen) atoms. The Labute approximate surface area is 110 Å². The molecule has 0 saturated carbocycles. The molecule has 98 valence electrons. The quantitative estimate of drug-likeness (QED) is 0.801. The van der Waals surface area contributed by atoms with Crippen LogP contribution < -0.4 is 4.74 Å². The van der Waals surface area contributed by atoms with Gasteiger partial charge in [-0.25, -0.2) is 0 Å². The predicted octanol–water partition coefficient (Wildman–Crippen LogP) is 2.91. The molecule has 0 saturated heterocycles. The van der Waals surface area contributed by atoms with Crippen molar-refractivity contribution in [1.29, 1.82) is 5.26 Å². The van der Waals surface area contributed by atoms with Crippen molar-refractivity contribution in [2.45, 2.75) is 20.8 Å². The van der Waals surface area contributed by atoms with E-state index in [-0.39, 0.29) is 0 Å². The van der Waals surface area contributed by atoms with E-state index in [0.29, 0.717) is 17.6 Å². The van der Waals surface area contributed by atoms with Crippen molar-refractivity contribution in [3.8, 4) is 11.8 Å². The fourth-order valence-corrected chi connectivity index (χ4v) is 1.86. The Morgan fingerprint density at radius 3 is 2.67 bits per heavy atom. The van der Waals surface area contributed by atoms with Gasteiger partial charge in [-0.15, -0.1) is 0 Å². The Morgan fingerprint density at radius 1 is 1.33 bits per heavy atom. The molecule has 0 bridgehead atoms. The van der Waals surface area contributed by atoms with Crippen LogP contribution in [0.5, 0.6) is 5.75 Å². The lowest BCUT2D eigenvalue weighted by atomic mass is 9.96. The van der Waals surface area contributed by atoms with Crippen molar-refractivity contribution in [1.82, 2.24) is 4.90 Å². The third-order valence-corrected chi connectivity index (χ3v) is 2.45. The normalized spacial score (nSPS) is 11.3. The van der Waals surface area contributed by atoms with Gasteiger partial charge in [0.15, 0.2) is 0 Å². The van der Waals surface area contributed by atoms with Crippen LogP contribution in [0.4, 0.5) is 0 Å². The van der Waals surface area contributed by atoms with E-state index in [9.17, 15) is 0 Å². The third-order valence-electron chi connectivity index (χ3n) is 2.45. The molecule has 0 radical (unpaired) electrons. The van der Waals surface area contributed by atoms with Gasteiger partial charge in [0.2, 0.25) is 0 Å². The Kier molecular flexibility index (Phi) is 5.18. The highest BCUT2D eigenvalue weighted by molar-refractivity contribution is 5.36. The molecule has 0 heterocycles. The Bertz CT molecular complexity index is 415. The van der Waals surface area contributed by atoms with Crippen LogP contribution in [0.25, 0.3) is 0 Å². The fraction of sp³-hybridized carbons (Fsp3) is 0.533. The Balaban J connectivity index is 2.35. The van der Waals surface area contributed by atoms with Crippen molar-refractivity contribution in [2.75, 3.05) is 26.7 Å². The van der Waals surface area contributed by atoms with E-state index in [1.54, 1.807) is 12.1 Å². The summed E-state index contributed by atoms with van der Waals surface area (Å²) in [4.78, 5) is 2.26. The van der Waals surface area contributed by atoms with E-state index in [1.165, 1.54) is 0 Å². The number of benzene rings is 1. The van der Waals surface area contributed by atoms with Crippen LogP contribution in [-0.4, -0.2) is 31.6 Å². The molecule has 1 rings (SSSR count). The SMILES string of the molecule is CN(CCOc1cccc(C#N)c1)CC(C)(C)C. The third kappa shape index (κ3) is 5.70. The molecule has 3 heteroatoms. The van der Waals surface area contributed by atoms with Gasteiger partial charge in [-0.05, 0) is 30.7 Å². The summed E-state index contributed by atoms with van der Waals surface area (Å²) in [5.41, 5.74) is 0.936. The molecule has 0 fully saturated rings. The number of nitrogens with zero attached hydrogens (tertiary/aromatic N) is 2. The second-order valence-corrected chi connectivity index (χ2v) is 5.79. The standard InChI is InChI=1S/C15H22N2O/c1-15(2,3)12-17(4)8-9-18-14-7-5-6-13(10-14)11-16/h5-7,10H,8-9,12H2,1-4H3. The van der Waals surface area contributed by atoms with Crippen LogP contribution in [0.1, 0.15) is 26.3 Å². The summed E-state index contributed by atoms with van der Waals surface area (Å²) >= 11 is 0. The lowest BCUT2D eigenvalue weighted by Gasteiger charge is -2.26. The predicted molar refractivity (Wildman–Crippen MR) is 73.6 cm³/mol. The summed E-state index contributed by atoms with van der Waals surface area (Å²) in [5.74, 6) is 0.762. The van der Waals surface area contributed by atoms with Crippen molar-refractivity contribution >= 4 is 0 Å². The zero-order valence-electron chi connectivity index (χ0n) is 11.7. The molecule has 0 unspecified atom stereocenters. The molecule has 3 nitrogen and oxygen atoms in total. The number of rotatable bonds is 5. The molecule has 0 amide bonds. The van der Waals surface area contributed by atoms with Crippen LogP contribution in [0.3, 0.4) is 0 Å². The van der Waals surface area contributed by atoms with Crippen LogP contribution in [0.15, 0.2) is 24.3 Å². The number of likely N-dealkylation sites (N-methyl/N-ethyl adjacent to an activating group) is 1. The first kappa shape index (κ1) is 14.5. The van der Waals surface area contributed by atoms with Crippen LogP contribution in [-0.2, 0) is 0 Å². The highest BCUT2D eigenvalue weighted by Crippen LogP contribution is 2.15. The molecule has 0 spiro atoms. The minimum atomic E-state index is 0.301. The van der Waals surface area contributed by atoms with E-state index in [0.717, 1.165) is 18.8 Å². The average molecular weight is 246 g/mol. The van der Waals surface area contributed by atoms with Gasteiger partial charge in [-0.1, -0.05) is 26.8 Å². The second-order valence-electron chi connectivity index (χ2n) is 5.79. The van der Waals surface area contributed by atoms with Crippen LogP contribution in [0, 0.1) is 16.7 Å². The topological polar surface area (TPSA) is 36.3 Å². The first-order valence-corrected chi connectivity index (χ1v) is 6.22. The maximum Gasteiger partial charge on any atom is 0.120 e. The van der Waals surface area contributed by atoms with Gasteiger partial charge in [-0.2, -0.15) is 5.26 Å². The van der Waals surface area contributed by atoms with E-state index >= 15 is 0 Å². The summed E-state index contributed by atoms with van der Waals surface area (Å²) in [6.45, 7) is 9.23. The first-order valence-electron chi connectivity index (χ1n) is 6.22. The molecule has 1 aromatic carbocycles. The van der Waals surface area contributed by atoms with Crippen molar-refractivity contribution in [3.05, 3.63) is 29.8 Å². The lowest BCUT2D eigenvalue weighted by molar-refractivity contribution is 0.188. The lowest BCUT2D eigenvalue weighted by Crippen LogP contribution is -2.32. The minimum absolute atomic E-state index is 0.301. The van der Waals surface area contributed by atoms with E-state index < -0.39 is 0 Å². The number of hydrogen-bond donors (Lipinski definition) is 0. The van der Waals surface area contributed by atoms with Crippen molar-refractivity contribution < 1.29 is 4.74 Å². The van der Waals surface area contributed by atoms with Gasteiger partial charge in [0.25, 0.3) is 0 Å². The molecule has 0 aliphatic heterocycles. The zero-order chi connectivity index (χ0) is 13.6. The highest BCUT2D eigenvalue weighted by Gasteiger charge is 2.13. The molecular weight excluding hydrogens is 224 g/mol. The molecule has 0 atom stereocenters. The van der Waals surface area contributed by atoms with E-state index in [4.69, 9.17) is 10.00 Å². The van der Waals surface area contributed by atoms with Gasteiger partial charge >= 0.3 is 0 Å². The maximum absolute atomic E-state index is 8.79. The molecule has 0 aliphatic carbocycles. The van der Waals surface area contributed by atoms with Crippen LogP contribution >= 0.6 is 0 Å². The fourth-order valence-electron chi connectivity index (χ4n) is 1.86. The zero-order valence-corrected chi connectivity index (χ0v) is 11.7. The van der Waals surface area contributed by atoms with Crippen molar-refractivity contribution in [3.63, 3.8) is 0 Å². The molecular formula is C15H22N2O. The van der Waals surface area contributed by atoms with Gasteiger partial charge in [0, 0.05) is 13.1 Å². The summed E-state index contributed by atoms with van der Waals surface area (Å²) in [7, 11) is 2.10. The van der Waals surface area contributed by atoms with Gasteiger partial charge < -0.3 is 9.64 Å². The minimum Gasteiger partial charge on any atom is -0.492 e. The van der Waals surface area contributed by atoms with Gasteiger partial charge in [0.1, 0.15) is 12.4 Å². The maximum atomic E-state index is 8.79. The average Bonchev–Trinajstić information content (AvgIpc) is 2.27. The molecule has 0 aromatic heterocycles. The largest absolute Gasteiger partial charge is 0.492 e. The molecule has 1 aromatic rings. The number of nitriles is 1. The monoisotopic (exact) mass is 246 g/mol.